The Hall–Kier alpha value is -3.07. The van der Waals surface area contributed by atoms with Crippen LogP contribution in [0.4, 0.5) is 5.82 Å². The molecule has 3 rings (SSSR count). The van der Waals surface area contributed by atoms with Gasteiger partial charge in [0, 0.05) is 32.4 Å². The lowest BCUT2D eigenvalue weighted by Gasteiger charge is -2.35. The second kappa shape index (κ2) is 7.67. The van der Waals surface area contributed by atoms with E-state index in [1.165, 1.54) is 0 Å². The Morgan fingerprint density at radius 2 is 2.04 bits per heavy atom. The van der Waals surface area contributed by atoms with Crippen LogP contribution in [0.5, 0.6) is 5.75 Å². The standard InChI is InChI=1S/C19H20N4O2/c1-25-17-6-2-4-15(12-17)13-18(24)22-8-10-23(11-9-22)19-16(14-20)5-3-7-21-19/h2-7,12H,8-11,13H2,1H3. The second-order valence-corrected chi connectivity index (χ2v) is 5.88. The summed E-state index contributed by atoms with van der Waals surface area (Å²) in [5.41, 5.74) is 1.52. The fraction of sp³-hybridized carbons (Fsp3) is 0.316. The first kappa shape index (κ1) is 16.8. The summed E-state index contributed by atoms with van der Waals surface area (Å²) in [4.78, 5) is 20.8. The van der Waals surface area contributed by atoms with Gasteiger partial charge in [0.1, 0.15) is 17.6 Å². The highest BCUT2D eigenvalue weighted by Crippen LogP contribution is 2.19. The Morgan fingerprint density at radius 1 is 1.24 bits per heavy atom. The van der Waals surface area contributed by atoms with E-state index in [9.17, 15) is 10.1 Å². The smallest absolute Gasteiger partial charge is 0.227 e. The molecule has 6 nitrogen and oxygen atoms in total. The van der Waals surface area contributed by atoms with Crippen molar-refractivity contribution in [1.29, 1.82) is 5.26 Å². The number of nitrogens with zero attached hydrogens (tertiary/aromatic N) is 4. The summed E-state index contributed by atoms with van der Waals surface area (Å²) in [7, 11) is 1.62. The molecule has 1 aromatic carbocycles. The number of anilines is 1. The molecule has 0 aliphatic carbocycles. The average Bonchev–Trinajstić information content (AvgIpc) is 2.68. The third-order valence-corrected chi connectivity index (χ3v) is 4.33. The van der Waals surface area contributed by atoms with Crippen LogP contribution in [0.25, 0.3) is 0 Å². The van der Waals surface area contributed by atoms with Crippen LogP contribution in [0.15, 0.2) is 42.6 Å². The molecule has 1 amide bonds. The summed E-state index contributed by atoms with van der Waals surface area (Å²) in [5, 5.41) is 9.20. The number of amides is 1. The zero-order chi connectivity index (χ0) is 17.6. The van der Waals surface area contributed by atoms with E-state index in [-0.39, 0.29) is 5.91 Å². The molecule has 128 valence electrons. The van der Waals surface area contributed by atoms with Gasteiger partial charge in [-0.1, -0.05) is 12.1 Å². The van der Waals surface area contributed by atoms with Crippen molar-refractivity contribution in [3.8, 4) is 11.8 Å². The van der Waals surface area contributed by atoms with Crippen molar-refractivity contribution in [2.45, 2.75) is 6.42 Å². The van der Waals surface area contributed by atoms with Gasteiger partial charge in [-0.15, -0.1) is 0 Å². The predicted molar refractivity (Wildman–Crippen MR) is 94.4 cm³/mol. The molecule has 6 heteroatoms. The molecule has 25 heavy (non-hydrogen) atoms. The highest BCUT2D eigenvalue weighted by atomic mass is 16.5. The van der Waals surface area contributed by atoms with Gasteiger partial charge in [0.05, 0.1) is 19.1 Å². The predicted octanol–water partition coefficient (Wildman–Crippen LogP) is 1.85. The lowest BCUT2D eigenvalue weighted by atomic mass is 10.1. The number of benzene rings is 1. The number of aromatic nitrogens is 1. The first-order chi connectivity index (χ1) is 12.2. The number of carbonyl (C=O) groups excluding carboxylic acids is 1. The summed E-state index contributed by atoms with van der Waals surface area (Å²) >= 11 is 0. The zero-order valence-corrected chi connectivity index (χ0v) is 14.2. The lowest BCUT2D eigenvalue weighted by Crippen LogP contribution is -2.49. The number of hydrogen-bond donors (Lipinski definition) is 0. The molecular formula is C19H20N4O2. The van der Waals surface area contributed by atoms with Crippen LogP contribution in [-0.4, -0.2) is 49.1 Å². The maximum atomic E-state index is 12.5. The molecule has 1 saturated heterocycles. The Labute approximate surface area is 147 Å². The van der Waals surface area contributed by atoms with Crippen molar-refractivity contribution in [2.24, 2.45) is 0 Å². The summed E-state index contributed by atoms with van der Waals surface area (Å²) in [6.45, 7) is 2.61. The Morgan fingerprint density at radius 3 is 2.76 bits per heavy atom. The SMILES string of the molecule is COc1cccc(CC(=O)N2CCN(c3ncccc3C#N)CC2)c1. The van der Waals surface area contributed by atoms with Gasteiger partial charge in [-0.05, 0) is 29.8 Å². The van der Waals surface area contributed by atoms with Crippen molar-refractivity contribution in [3.05, 3.63) is 53.7 Å². The van der Waals surface area contributed by atoms with Gasteiger partial charge in [-0.3, -0.25) is 4.79 Å². The Balaban J connectivity index is 1.60. The molecule has 2 heterocycles. The van der Waals surface area contributed by atoms with Gasteiger partial charge in [-0.25, -0.2) is 4.98 Å². The maximum absolute atomic E-state index is 12.5. The minimum atomic E-state index is 0.106. The fourth-order valence-corrected chi connectivity index (χ4v) is 2.97. The molecule has 1 fully saturated rings. The summed E-state index contributed by atoms with van der Waals surface area (Å²) in [5.74, 6) is 1.56. The number of piperazine rings is 1. The second-order valence-electron chi connectivity index (χ2n) is 5.88. The molecule has 2 aromatic rings. The van der Waals surface area contributed by atoms with Crippen LogP contribution >= 0.6 is 0 Å². The van der Waals surface area contributed by atoms with E-state index in [0.717, 1.165) is 11.3 Å². The highest BCUT2D eigenvalue weighted by molar-refractivity contribution is 5.79. The largest absolute Gasteiger partial charge is 0.497 e. The molecule has 0 radical (unpaired) electrons. The Kier molecular flexibility index (Phi) is 5.14. The van der Waals surface area contributed by atoms with Gasteiger partial charge in [0.15, 0.2) is 0 Å². The Bertz CT molecular complexity index is 792. The van der Waals surface area contributed by atoms with Crippen molar-refractivity contribution < 1.29 is 9.53 Å². The van der Waals surface area contributed by atoms with Gasteiger partial charge in [-0.2, -0.15) is 5.26 Å². The molecule has 0 saturated carbocycles. The molecule has 1 aromatic heterocycles. The van der Waals surface area contributed by atoms with Crippen molar-refractivity contribution >= 4 is 11.7 Å². The minimum absolute atomic E-state index is 0.106. The van der Waals surface area contributed by atoms with Crippen LogP contribution in [0.2, 0.25) is 0 Å². The summed E-state index contributed by atoms with van der Waals surface area (Å²) < 4.78 is 5.20. The zero-order valence-electron chi connectivity index (χ0n) is 14.2. The van der Waals surface area contributed by atoms with E-state index in [1.54, 1.807) is 25.4 Å². The first-order valence-electron chi connectivity index (χ1n) is 8.22. The number of rotatable bonds is 4. The van der Waals surface area contributed by atoms with Crippen molar-refractivity contribution in [1.82, 2.24) is 9.88 Å². The summed E-state index contributed by atoms with van der Waals surface area (Å²) in [6.07, 6.45) is 2.06. The quantitative estimate of drug-likeness (QED) is 0.852. The lowest BCUT2D eigenvalue weighted by molar-refractivity contribution is -0.130. The number of pyridine rings is 1. The van der Waals surface area contributed by atoms with E-state index >= 15 is 0 Å². The van der Waals surface area contributed by atoms with Gasteiger partial charge >= 0.3 is 0 Å². The molecule has 0 atom stereocenters. The van der Waals surface area contributed by atoms with Gasteiger partial charge < -0.3 is 14.5 Å². The fourth-order valence-electron chi connectivity index (χ4n) is 2.97. The number of hydrogen-bond acceptors (Lipinski definition) is 5. The van der Waals surface area contributed by atoms with Crippen LogP contribution < -0.4 is 9.64 Å². The average molecular weight is 336 g/mol. The maximum Gasteiger partial charge on any atom is 0.227 e. The van der Waals surface area contributed by atoms with E-state index in [0.29, 0.717) is 44.0 Å². The van der Waals surface area contributed by atoms with Gasteiger partial charge in [0.2, 0.25) is 5.91 Å². The topological polar surface area (TPSA) is 69.5 Å². The number of carbonyl (C=O) groups is 1. The van der Waals surface area contributed by atoms with Crippen LogP contribution in [-0.2, 0) is 11.2 Å². The van der Waals surface area contributed by atoms with E-state index < -0.39 is 0 Å². The molecule has 1 aliphatic rings. The van der Waals surface area contributed by atoms with E-state index in [2.05, 4.69) is 16.0 Å². The molecule has 0 unspecified atom stereocenters. The highest BCUT2D eigenvalue weighted by Gasteiger charge is 2.23. The number of methoxy groups -OCH3 is 1. The normalized spacial score (nSPS) is 14.1. The molecular weight excluding hydrogens is 316 g/mol. The number of nitriles is 1. The van der Waals surface area contributed by atoms with Crippen molar-refractivity contribution in [2.75, 3.05) is 38.2 Å². The number of ether oxygens (including phenoxy) is 1. The van der Waals surface area contributed by atoms with E-state index in [4.69, 9.17) is 4.74 Å². The first-order valence-corrected chi connectivity index (χ1v) is 8.22. The third-order valence-electron chi connectivity index (χ3n) is 4.33. The molecule has 1 aliphatic heterocycles. The molecule has 0 spiro atoms. The molecule has 0 N–H and O–H groups in total. The van der Waals surface area contributed by atoms with Crippen LogP contribution in [0, 0.1) is 11.3 Å². The monoisotopic (exact) mass is 336 g/mol. The van der Waals surface area contributed by atoms with Crippen molar-refractivity contribution in [3.63, 3.8) is 0 Å². The summed E-state index contributed by atoms with van der Waals surface area (Å²) in [6, 6.07) is 13.3. The van der Waals surface area contributed by atoms with E-state index in [1.807, 2.05) is 29.2 Å². The van der Waals surface area contributed by atoms with Crippen LogP contribution in [0.3, 0.4) is 0 Å². The third kappa shape index (κ3) is 3.89. The molecule has 0 bridgehead atoms. The van der Waals surface area contributed by atoms with Crippen LogP contribution in [0.1, 0.15) is 11.1 Å². The minimum Gasteiger partial charge on any atom is -0.497 e. The van der Waals surface area contributed by atoms with Gasteiger partial charge in [0.25, 0.3) is 0 Å².